The van der Waals surface area contributed by atoms with Crippen LogP contribution in [0.5, 0.6) is 5.75 Å². The number of aromatic nitrogens is 3. The number of ether oxygens (including phenoxy) is 2. The van der Waals surface area contributed by atoms with Crippen molar-refractivity contribution in [2.24, 2.45) is 7.05 Å². The summed E-state index contributed by atoms with van der Waals surface area (Å²) in [5.41, 5.74) is 1.76. The minimum atomic E-state index is -0.534. The molecule has 8 nitrogen and oxygen atoms in total. The van der Waals surface area contributed by atoms with Gasteiger partial charge in [0.15, 0.2) is 11.0 Å². The Morgan fingerprint density at radius 1 is 1.14 bits per heavy atom. The Bertz CT molecular complexity index is 1370. The second-order valence-corrected chi connectivity index (χ2v) is 10.6. The van der Waals surface area contributed by atoms with E-state index in [4.69, 9.17) is 21.1 Å². The van der Waals surface area contributed by atoms with Crippen molar-refractivity contribution >= 4 is 67.5 Å². The maximum absolute atomic E-state index is 12.7. The number of hydrogen-bond donors (Lipinski definition) is 1. The number of anilines is 1. The molecule has 0 aliphatic carbocycles. The molecular weight excluding hydrogens is 588 g/mol. The Morgan fingerprint density at radius 2 is 1.86 bits per heavy atom. The number of thiophene rings is 1. The number of carbonyl (C=O) groups excluding carboxylic acids is 2. The first kappa shape index (κ1) is 26.2. The van der Waals surface area contributed by atoms with Crippen molar-refractivity contribution in [1.82, 2.24) is 14.8 Å². The van der Waals surface area contributed by atoms with Crippen LogP contribution in [0.15, 0.2) is 63.5 Å². The molecule has 0 saturated heterocycles. The molecule has 4 aromatic rings. The van der Waals surface area contributed by atoms with E-state index >= 15 is 0 Å². The Balaban J connectivity index is 1.39. The highest BCUT2D eigenvalue weighted by molar-refractivity contribution is 9.10. The van der Waals surface area contributed by atoms with Crippen molar-refractivity contribution in [2.45, 2.75) is 11.8 Å². The van der Waals surface area contributed by atoms with E-state index in [2.05, 4.69) is 31.4 Å². The molecule has 0 fully saturated rings. The van der Waals surface area contributed by atoms with E-state index in [1.807, 2.05) is 43.4 Å². The van der Waals surface area contributed by atoms with Gasteiger partial charge in [-0.15, -0.1) is 21.5 Å². The topological polar surface area (TPSA) is 95.3 Å². The molecule has 2 heterocycles. The lowest BCUT2D eigenvalue weighted by molar-refractivity contribution is -0.113. The first-order chi connectivity index (χ1) is 17.4. The quantitative estimate of drug-likeness (QED) is 0.183. The van der Waals surface area contributed by atoms with Crippen LogP contribution in [-0.4, -0.2) is 39.5 Å². The second-order valence-electron chi connectivity index (χ2n) is 7.39. The molecule has 0 aliphatic heterocycles. The van der Waals surface area contributed by atoms with E-state index < -0.39 is 5.97 Å². The van der Waals surface area contributed by atoms with Crippen molar-refractivity contribution in [3.8, 4) is 16.9 Å². The fourth-order valence-electron chi connectivity index (χ4n) is 3.16. The number of carbonyl (C=O) groups is 2. The lowest BCUT2D eigenvalue weighted by atomic mass is 10.0. The SMILES string of the molecule is COC(=O)c1c(-c2ccc(Cl)cc2)csc1NC(=O)CSc1nnc(COc2ccc(Br)cc2)n1C. The predicted octanol–water partition coefficient (Wildman–Crippen LogP) is 6.06. The predicted molar refractivity (Wildman–Crippen MR) is 145 cm³/mol. The van der Waals surface area contributed by atoms with Gasteiger partial charge >= 0.3 is 5.97 Å². The van der Waals surface area contributed by atoms with Gasteiger partial charge in [0.2, 0.25) is 5.91 Å². The first-order valence-electron chi connectivity index (χ1n) is 10.5. The van der Waals surface area contributed by atoms with Gasteiger partial charge in [0.1, 0.15) is 22.9 Å². The van der Waals surface area contributed by atoms with Crippen LogP contribution >= 0.6 is 50.6 Å². The maximum Gasteiger partial charge on any atom is 0.341 e. The summed E-state index contributed by atoms with van der Waals surface area (Å²) in [6.07, 6.45) is 0. The number of thioether (sulfide) groups is 1. The highest BCUT2D eigenvalue weighted by Crippen LogP contribution is 2.36. The molecule has 4 rings (SSSR count). The Morgan fingerprint density at radius 3 is 2.56 bits per heavy atom. The van der Waals surface area contributed by atoms with Gasteiger partial charge in [-0.2, -0.15) is 0 Å². The van der Waals surface area contributed by atoms with Crippen LogP contribution in [0.1, 0.15) is 16.2 Å². The van der Waals surface area contributed by atoms with Crippen molar-refractivity contribution < 1.29 is 19.1 Å². The Kier molecular flexibility index (Phi) is 8.68. The van der Waals surface area contributed by atoms with Gasteiger partial charge in [0.05, 0.1) is 12.9 Å². The molecule has 2 aromatic heterocycles. The van der Waals surface area contributed by atoms with E-state index in [9.17, 15) is 9.59 Å². The fourth-order valence-corrected chi connectivity index (χ4v) is 5.26. The fraction of sp³-hybridized carbons (Fsp3) is 0.167. The molecule has 0 spiro atoms. The van der Waals surface area contributed by atoms with Crippen LogP contribution in [0.2, 0.25) is 5.02 Å². The zero-order chi connectivity index (χ0) is 25.7. The molecule has 36 heavy (non-hydrogen) atoms. The van der Waals surface area contributed by atoms with Gasteiger partial charge < -0.3 is 19.4 Å². The summed E-state index contributed by atoms with van der Waals surface area (Å²) in [4.78, 5) is 25.2. The number of benzene rings is 2. The maximum atomic E-state index is 12.7. The van der Waals surface area contributed by atoms with Gasteiger partial charge in [-0.3, -0.25) is 4.79 Å². The summed E-state index contributed by atoms with van der Waals surface area (Å²) in [5, 5.41) is 14.5. The van der Waals surface area contributed by atoms with Crippen LogP contribution in [0.25, 0.3) is 11.1 Å². The molecule has 0 saturated carbocycles. The summed E-state index contributed by atoms with van der Waals surface area (Å²) in [7, 11) is 3.12. The molecule has 0 atom stereocenters. The monoisotopic (exact) mass is 606 g/mol. The normalized spacial score (nSPS) is 10.8. The molecule has 1 N–H and O–H groups in total. The van der Waals surface area contributed by atoms with Crippen LogP contribution in [0.4, 0.5) is 5.00 Å². The average Bonchev–Trinajstić information content (AvgIpc) is 3.45. The average molecular weight is 608 g/mol. The molecule has 12 heteroatoms. The standard InChI is InChI=1S/C24H20BrClN4O4S2/c1-30-19(11-34-17-9-5-15(25)6-10-17)28-29-24(30)36-13-20(31)27-22-21(23(32)33-2)18(12-35-22)14-3-7-16(26)8-4-14/h3-10,12H,11,13H2,1-2H3,(H,27,31). The number of nitrogens with one attached hydrogen (secondary N) is 1. The van der Waals surface area contributed by atoms with Crippen LogP contribution in [0, 0.1) is 0 Å². The molecule has 2 aromatic carbocycles. The molecule has 0 aliphatic rings. The molecule has 0 bridgehead atoms. The van der Waals surface area contributed by atoms with Crippen LogP contribution in [0.3, 0.4) is 0 Å². The molecule has 186 valence electrons. The number of amides is 1. The Hall–Kier alpha value is -2.86. The minimum Gasteiger partial charge on any atom is -0.486 e. The highest BCUT2D eigenvalue weighted by Gasteiger charge is 2.23. The number of hydrogen-bond acceptors (Lipinski definition) is 8. The number of esters is 1. The highest BCUT2D eigenvalue weighted by atomic mass is 79.9. The van der Waals surface area contributed by atoms with Gasteiger partial charge in [-0.25, -0.2) is 4.79 Å². The summed E-state index contributed by atoms with van der Waals surface area (Å²) in [5.74, 6) is 0.594. The van der Waals surface area contributed by atoms with Gasteiger partial charge in [-0.05, 0) is 42.0 Å². The third-order valence-electron chi connectivity index (χ3n) is 5.03. The Labute approximate surface area is 229 Å². The zero-order valence-corrected chi connectivity index (χ0v) is 23.1. The summed E-state index contributed by atoms with van der Waals surface area (Å²) >= 11 is 11.9. The molecular formula is C24H20BrClN4O4S2. The molecule has 0 radical (unpaired) electrons. The molecule has 0 unspecified atom stereocenters. The van der Waals surface area contributed by atoms with Crippen molar-refractivity contribution in [3.05, 3.63) is 74.8 Å². The van der Waals surface area contributed by atoms with Crippen LogP contribution in [-0.2, 0) is 23.2 Å². The van der Waals surface area contributed by atoms with Gasteiger partial charge in [-0.1, -0.05) is 51.4 Å². The molecule has 1 amide bonds. The van der Waals surface area contributed by atoms with Crippen molar-refractivity contribution in [1.29, 1.82) is 0 Å². The second kappa shape index (κ2) is 11.9. The number of rotatable bonds is 9. The van der Waals surface area contributed by atoms with E-state index in [1.54, 1.807) is 22.1 Å². The summed E-state index contributed by atoms with van der Waals surface area (Å²) in [6.45, 7) is 0.239. The lowest BCUT2D eigenvalue weighted by Crippen LogP contribution is -2.16. The number of methoxy groups -OCH3 is 1. The summed E-state index contributed by atoms with van der Waals surface area (Å²) in [6, 6.07) is 14.6. The van der Waals surface area contributed by atoms with E-state index in [0.717, 1.165) is 10.0 Å². The third kappa shape index (κ3) is 6.28. The smallest absolute Gasteiger partial charge is 0.341 e. The van der Waals surface area contributed by atoms with E-state index in [0.29, 0.717) is 37.9 Å². The van der Waals surface area contributed by atoms with E-state index in [1.165, 1.54) is 30.2 Å². The lowest BCUT2D eigenvalue weighted by Gasteiger charge is -2.08. The largest absolute Gasteiger partial charge is 0.486 e. The van der Waals surface area contributed by atoms with Crippen LogP contribution < -0.4 is 10.1 Å². The van der Waals surface area contributed by atoms with Gasteiger partial charge in [0, 0.05) is 27.5 Å². The number of halogens is 2. The first-order valence-corrected chi connectivity index (χ1v) is 13.5. The van der Waals surface area contributed by atoms with Gasteiger partial charge in [0.25, 0.3) is 0 Å². The zero-order valence-electron chi connectivity index (χ0n) is 19.2. The number of nitrogens with zero attached hydrogens (tertiary/aromatic N) is 3. The third-order valence-corrected chi connectivity index (χ3v) is 7.72. The minimum absolute atomic E-state index is 0.0777. The van der Waals surface area contributed by atoms with E-state index in [-0.39, 0.29) is 18.3 Å². The summed E-state index contributed by atoms with van der Waals surface area (Å²) < 4.78 is 13.5. The van der Waals surface area contributed by atoms with Crippen molar-refractivity contribution in [2.75, 3.05) is 18.2 Å². The van der Waals surface area contributed by atoms with Crippen molar-refractivity contribution in [3.63, 3.8) is 0 Å².